The lowest BCUT2D eigenvalue weighted by atomic mass is 10.1. The second-order valence-electron chi connectivity index (χ2n) is 6.49. The fourth-order valence-corrected chi connectivity index (χ4v) is 3.59. The predicted molar refractivity (Wildman–Crippen MR) is 86.5 cm³/mol. The molecule has 2 unspecified atom stereocenters. The van der Waals surface area contributed by atoms with E-state index < -0.39 is 0 Å². The Kier molecular flexibility index (Phi) is 6.20. The Balaban J connectivity index is 1.86. The number of carbonyl (C=O) groups is 2. The van der Waals surface area contributed by atoms with Gasteiger partial charge < -0.3 is 15.1 Å². The Labute approximate surface area is 133 Å². The van der Waals surface area contributed by atoms with Crippen LogP contribution in [0.2, 0.25) is 0 Å². The molecule has 2 aliphatic rings. The van der Waals surface area contributed by atoms with Crippen LogP contribution in [0.3, 0.4) is 0 Å². The van der Waals surface area contributed by atoms with Gasteiger partial charge in [0.05, 0.1) is 5.92 Å². The number of rotatable bonds is 7. The van der Waals surface area contributed by atoms with Crippen molar-refractivity contribution in [2.75, 3.05) is 53.4 Å². The minimum Gasteiger partial charge on any atom is -0.344 e. The fourth-order valence-electron chi connectivity index (χ4n) is 3.59. The highest BCUT2D eigenvalue weighted by atomic mass is 16.2. The molecule has 2 amide bonds. The number of carbonyl (C=O) groups excluding carboxylic acids is 2. The first kappa shape index (κ1) is 17.2. The molecule has 0 aromatic heterocycles. The Morgan fingerprint density at radius 2 is 2.23 bits per heavy atom. The van der Waals surface area contributed by atoms with Gasteiger partial charge in [0.15, 0.2) is 0 Å². The molecule has 2 atom stereocenters. The first-order valence-corrected chi connectivity index (χ1v) is 8.48. The summed E-state index contributed by atoms with van der Waals surface area (Å²) >= 11 is 0. The molecule has 6 heteroatoms. The average molecular weight is 310 g/mol. The third kappa shape index (κ3) is 3.98. The highest BCUT2D eigenvalue weighted by molar-refractivity contribution is 5.89. The summed E-state index contributed by atoms with van der Waals surface area (Å²) in [4.78, 5) is 30.7. The molecule has 0 aromatic rings. The van der Waals surface area contributed by atoms with Gasteiger partial charge in [-0.1, -0.05) is 6.92 Å². The SMILES string of the molecule is CCN1CCCC1CN1CC(C(=O)N(C)CCNC)CC1=O. The van der Waals surface area contributed by atoms with E-state index in [1.807, 2.05) is 19.0 Å². The first-order chi connectivity index (χ1) is 10.6. The maximum absolute atomic E-state index is 12.4. The normalized spacial score (nSPS) is 26.0. The Bertz CT molecular complexity index is 402. The van der Waals surface area contributed by atoms with Crippen molar-refractivity contribution < 1.29 is 9.59 Å². The van der Waals surface area contributed by atoms with Crippen LogP contribution in [0.25, 0.3) is 0 Å². The van der Waals surface area contributed by atoms with E-state index in [2.05, 4.69) is 17.1 Å². The van der Waals surface area contributed by atoms with Crippen molar-refractivity contribution in [1.82, 2.24) is 20.0 Å². The molecule has 2 saturated heterocycles. The predicted octanol–water partition coefficient (Wildman–Crippen LogP) is -0.00300. The lowest BCUT2D eigenvalue weighted by molar-refractivity contribution is -0.134. The molecule has 0 saturated carbocycles. The molecule has 22 heavy (non-hydrogen) atoms. The first-order valence-electron chi connectivity index (χ1n) is 8.48. The molecule has 0 aliphatic carbocycles. The number of nitrogens with one attached hydrogen (secondary N) is 1. The molecule has 6 nitrogen and oxygen atoms in total. The molecule has 126 valence electrons. The smallest absolute Gasteiger partial charge is 0.227 e. The van der Waals surface area contributed by atoms with Gasteiger partial charge in [0, 0.05) is 45.7 Å². The van der Waals surface area contributed by atoms with E-state index in [9.17, 15) is 9.59 Å². The van der Waals surface area contributed by atoms with Crippen molar-refractivity contribution >= 4 is 11.8 Å². The van der Waals surface area contributed by atoms with Crippen LogP contribution in [0.15, 0.2) is 0 Å². The van der Waals surface area contributed by atoms with Crippen molar-refractivity contribution in [3.05, 3.63) is 0 Å². The van der Waals surface area contributed by atoms with E-state index in [-0.39, 0.29) is 17.7 Å². The van der Waals surface area contributed by atoms with Crippen LogP contribution in [0.4, 0.5) is 0 Å². The van der Waals surface area contributed by atoms with Crippen molar-refractivity contribution in [3.63, 3.8) is 0 Å². The number of hydrogen-bond donors (Lipinski definition) is 1. The summed E-state index contributed by atoms with van der Waals surface area (Å²) in [7, 11) is 3.70. The summed E-state index contributed by atoms with van der Waals surface area (Å²) in [6, 6.07) is 0.477. The molecule has 2 fully saturated rings. The molecule has 0 aromatic carbocycles. The Morgan fingerprint density at radius 1 is 1.45 bits per heavy atom. The zero-order valence-electron chi connectivity index (χ0n) is 14.2. The number of amides is 2. The minimum atomic E-state index is -0.161. The van der Waals surface area contributed by atoms with Gasteiger partial charge in [-0.2, -0.15) is 0 Å². The maximum Gasteiger partial charge on any atom is 0.227 e. The molecular formula is C16H30N4O2. The molecule has 0 radical (unpaired) electrons. The maximum atomic E-state index is 12.4. The summed E-state index contributed by atoms with van der Waals surface area (Å²) in [6.07, 6.45) is 2.76. The fraction of sp³-hybridized carbons (Fsp3) is 0.875. The monoisotopic (exact) mass is 310 g/mol. The zero-order chi connectivity index (χ0) is 16.1. The standard InChI is InChI=1S/C16H30N4O2/c1-4-19-8-5-6-14(19)12-20-11-13(10-15(20)21)16(22)18(3)9-7-17-2/h13-14,17H,4-12H2,1-3H3. The van der Waals surface area contributed by atoms with Crippen molar-refractivity contribution in [1.29, 1.82) is 0 Å². The third-order valence-corrected chi connectivity index (χ3v) is 4.97. The highest BCUT2D eigenvalue weighted by Crippen LogP contribution is 2.24. The van der Waals surface area contributed by atoms with Gasteiger partial charge in [-0.25, -0.2) is 0 Å². The Hall–Kier alpha value is -1.14. The number of likely N-dealkylation sites (tertiary alicyclic amines) is 2. The van der Waals surface area contributed by atoms with Crippen LogP contribution < -0.4 is 5.32 Å². The summed E-state index contributed by atoms with van der Waals surface area (Å²) in [5.74, 6) is 0.0824. The van der Waals surface area contributed by atoms with E-state index in [1.54, 1.807) is 4.90 Å². The molecular weight excluding hydrogens is 280 g/mol. The zero-order valence-corrected chi connectivity index (χ0v) is 14.2. The lowest BCUT2D eigenvalue weighted by Crippen LogP contribution is -2.42. The van der Waals surface area contributed by atoms with E-state index in [4.69, 9.17) is 0 Å². The van der Waals surface area contributed by atoms with Crippen LogP contribution in [0.1, 0.15) is 26.2 Å². The van der Waals surface area contributed by atoms with Gasteiger partial charge in [-0.15, -0.1) is 0 Å². The topological polar surface area (TPSA) is 55.9 Å². The molecule has 2 rings (SSSR count). The van der Waals surface area contributed by atoms with Crippen molar-refractivity contribution in [3.8, 4) is 0 Å². The second-order valence-corrected chi connectivity index (χ2v) is 6.49. The number of likely N-dealkylation sites (N-methyl/N-ethyl adjacent to an activating group) is 3. The second kappa shape index (κ2) is 7.92. The largest absolute Gasteiger partial charge is 0.344 e. The summed E-state index contributed by atoms with van der Waals surface area (Å²) in [6.45, 7) is 7.20. The van der Waals surface area contributed by atoms with Gasteiger partial charge in [0.1, 0.15) is 0 Å². The molecule has 1 N–H and O–H groups in total. The number of nitrogens with zero attached hydrogens (tertiary/aromatic N) is 3. The van der Waals surface area contributed by atoms with E-state index >= 15 is 0 Å². The number of hydrogen-bond acceptors (Lipinski definition) is 4. The van der Waals surface area contributed by atoms with Crippen LogP contribution in [0.5, 0.6) is 0 Å². The molecule has 0 spiro atoms. The van der Waals surface area contributed by atoms with Gasteiger partial charge in [0.25, 0.3) is 0 Å². The van der Waals surface area contributed by atoms with Crippen LogP contribution >= 0.6 is 0 Å². The van der Waals surface area contributed by atoms with Gasteiger partial charge >= 0.3 is 0 Å². The molecule has 2 heterocycles. The van der Waals surface area contributed by atoms with Gasteiger partial charge in [-0.3, -0.25) is 14.5 Å². The van der Waals surface area contributed by atoms with Crippen molar-refractivity contribution in [2.24, 2.45) is 5.92 Å². The van der Waals surface area contributed by atoms with E-state index in [0.29, 0.717) is 25.6 Å². The summed E-state index contributed by atoms with van der Waals surface area (Å²) in [5.41, 5.74) is 0. The highest BCUT2D eigenvalue weighted by Gasteiger charge is 2.37. The van der Waals surface area contributed by atoms with Gasteiger partial charge in [-0.05, 0) is 33.0 Å². The van der Waals surface area contributed by atoms with Crippen LogP contribution in [-0.4, -0.2) is 85.9 Å². The summed E-state index contributed by atoms with van der Waals surface area (Å²) < 4.78 is 0. The van der Waals surface area contributed by atoms with Crippen LogP contribution in [-0.2, 0) is 9.59 Å². The van der Waals surface area contributed by atoms with Crippen LogP contribution in [0, 0.1) is 5.92 Å². The third-order valence-electron chi connectivity index (χ3n) is 4.97. The van der Waals surface area contributed by atoms with E-state index in [0.717, 1.165) is 32.6 Å². The average Bonchev–Trinajstić information content (AvgIpc) is 3.11. The Morgan fingerprint density at radius 3 is 2.91 bits per heavy atom. The van der Waals surface area contributed by atoms with Gasteiger partial charge in [0.2, 0.25) is 11.8 Å². The lowest BCUT2D eigenvalue weighted by Gasteiger charge is -2.28. The minimum absolute atomic E-state index is 0.102. The molecule has 0 bridgehead atoms. The molecule has 2 aliphatic heterocycles. The quantitative estimate of drug-likeness (QED) is 0.719. The van der Waals surface area contributed by atoms with E-state index in [1.165, 1.54) is 6.42 Å². The summed E-state index contributed by atoms with van der Waals surface area (Å²) in [5, 5.41) is 3.04. The van der Waals surface area contributed by atoms with Crippen molar-refractivity contribution in [2.45, 2.75) is 32.2 Å².